The number of amides is 1. The van der Waals surface area contributed by atoms with Gasteiger partial charge in [0, 0.05) is 24.6 Å². The van der Waals surface area contributed by atoms with E-state index in [1.807, 2.05) is 48.5 Å². The van der Waals surface area contributed by atoms with E-state index in [2.05, 4.69) is 17.6 Å². The fourth-order valence-corrected chi connectivity index (χ4v) is 2.30. The second-order valence-electron chi connectivity index (χ2n) is 6.00. The highest BCUT2D eigenvalue weighted by molar-refractivity contribution is 5.93. The molecule has 1 amide bonds. The number of anilines is 2. The summed E-state index contributed by atoms with van der Waals surface area (Å²) in [5.74, 6) is 1.42. The van der Waals surface area contributed by atoms with Gasteiger partial charge in [-0.1, -0.05) is 19.4 Å². The zero-order chi connectivity index (χ0) is 19.3. The highest BCUT2D eigenvalue weighted by Gasteiger charge is 2.04. The van der Waals surface area contributed by atoms with Crippen molar-refractivity contribution in [2.45, 2.75) is 19.8 Å². The molecule has 0 aliphatic rings. The Bertz CT molecular complexity index is 689. The minimum Gasteiger partial charge on any atom is -0.494 e. The summed E-state index contributed by atoms with van der Waals surface area (Å²) in [5, 5.41) is 5.96. The van der Waals surface area contributed by atoms with E-state index in [0.29, 0.717) is 19.8 Å². The van der Waals surface area contributed by atoms with Crippen LogP contribution in [0.2, 0.25) is 0 Å². The van der Waals surface area contributed by atoms with E-state index < -0.39 is 0 Å². The third-order valence-electron chi connectivity index (χ3n) is 3.75. The van der Waals surface area contributed by atoms with Gasteiger partial charge in [-0.2, -0.15) is 0 Å². The van der Waals surface area contributed by atoms with Crippen molar-refractivity contribution in [3.8, 4) is 11.5 Å². The fraction of sp³-hybridized carbons (Fsp3) is 0.381. The number of ether oxygens (including phenoxy) is 3. The molecule has 146 valence electrons. The molecule has 0 aliphatic heterocycles. The Labute approximate surface area is 160 Å². The van der Waals surface area contributed by atoms with Crippen LogP contribution in [0, 0.1) is 0 Å². The Kier molecular flexibility index (Phi) is 9.00. The molecule has 6 nitrogen and oxygen atoms in total. The van der Waals surface area contributed by atoms with Crippen molar-refractivity contribution in [1.82, 2.24) is 0 Å². The lowest BCUT2D eigenvalue weighted by atomic mass is 10.3. The van der Waals surface area contributed by atoms with Crippen LogP contribution in [0.25, 0.3) is 0 Å². The average Bonchev–Trinajstić information content (AvgIpc) is 2.69. The summed E-state index contributed by atoms with van der Waals surface area (Å²) in [4.78, 5) is 12.1. The van der Waals surface area contributed by atoms with Gasteiger partial charge in [0.1, 0.15) is 18.1 Å². The summed E-state index contributed by atoms with van der Waals surface area (Å²) in [5.41, 5.74) is 1.57. The summed E-state index contributed by atoms with van der Waals surface area (Å²) in [6, 6.07) is 14.9. The molecule has 0 fully saturated rings. The summed E-state index contributed by atoms with van der Waals surface area (Å²) in [7, 11) is 1.63. The van der Waals surface area contributed by atoms with Crippen LogP contribution in [0.5, 0.6) is 11.5 Å². The third-order valence-corrected chi connectivity index (χ3v) is 3.75. The number of nitrogens with one attached hydrogen (secondary N) is 2. The number of hydrogen-bond acceptors (Lipinski definition) is 5. The molecule has 0 heterocycles. The second-order valence-corrected chi connectivity index (χ2v) is 6.00. The van der Waals surface area contributed by atoms with Crippen LogP contribution in [0.1, 0.15) is 19.8 Å². The summed E-state index contributed by atoms with van der Waals surface area (Å²) in [6.07, 6.45) is 2.12. The quantitative estimate of drug-likeness (QED) is 0.552. The molecule has 2 aromatic carbocycles. The van der Waals surface area contributed by atoms with Crippen molar-refractivity contribution in [2.24, 2.45) is 0 Å². The zero-order valence-electron chi connectivity index (χ0n) is 16.0. The summed E-state index contributed by atoms with van der Waals surface area (Å²) < 4.78 is 16.1. The zero-order valence-corrected chi connectivity index (χ0v) is 16.0. The summed E-state index contributed by atoms with van der Waals surface area (Å²) in [6.45, 7) is 4.03. The Morgan fingerprint density at radius 3 is 2.44 bits per heavy atom. The number of benzene rings is 2. The molecule has 0 bridgehead atoms. The number of hydrogen-bond donors (Lipinski definition) is 2. The number of rotatable bonds is 12. The molecule has 27 heavy (non-hydrogen) atoms. The topological polar surface area (TPSA) is 68.8 Å². The minimum absolute atomic E-state index is 0.125. The Morgan fingerprint density at radius 2 is 1.70 bits per heavy atom. The number of unbranched alkanes of at least 4 members (excludes halogenated alkanes) is 1. The first-order chi connectivity index (χ1) is 13.2. The van der Waals surface area contributed by atoms with Crippen molar-refractivity contribution < 1.29 is 19.0 Å². The van der Waals surface area contributed by atoms with E-state index >= 15 is 0 Å². The van der Waals surface area contributed by atoms with Crippen LogP contribution >= 0.6 is 0 Å². The van der Waals surface area contributed by atoms with Gasteiger partial charge in [-0.15, -0.1) is 0 Å². The van der Waals surface area contributed by atoms with Crippen molar-refractivity contribution >= 4 is 17.3 Å². The maximum atomic E-state index is 12.1. The molecule has 0 saturated carbocycles. The normalized spacial score (nSPS) is 10.3. The minimum atomic E-state index is -0.125. The lowest BCUT2D eigenvalue weighted by Crippen LogP contribution is -2.21. The Balaban J connectivity index is 1.76. The molecule has 0 radical (unpaired) electrons. The molecule has 0 spiro atoms. The molecular weight excluding hydrogens is 344 g/mol. The highest BCUT2D eigenvalue weighted by Crippen LogP contribution is 2.18. The molecule has 2 rings (SSSR count). The Morgan fingerprint density at radius 1 is 0.926 bits per heavy atom. The molecule has 0 atom stereocenters. The third kappa shape index (κ3) is 8.00. The van der Waals surface area contributed by atoms with Crippen LogP contribution in [0.15, 0.2) is 48.5 Å². The van der Waals surface area contributed by atoms with Crippen LogP contribution < -0.4 is 20.1 Å². The van der Waals surface area contributed by atoms with Gasteiger partial charge in [0.2, 0.25) is 5.91 Å². The lowest BCUT2D eigenvalue weighted by Gasteiger charge is -2.11. The first-order valence-corrected chi connectivity index (χ1v) is 9.19. The van der Waals surface area contributed by atoms with Crippen LogP contribution in [-0.4, -0.2) is 39.4 Å². The number of carbonyl (C=O) groups is 1. The SMILES string of the molecule is CCCCOc1cccc(NCC(=O)Nc2ccc(OCCOC)cc2)c1. The van der Waals surface area contributed by atoms with Crippen molar-refractivity contribution in [3.63, 3.8) is 0 Å². The van der Waals surface area contributed by atoms with Crippen molar-refractivity contribution in [2.75, 3.05) is 44.1 Å². The molecule has 0 aromatic heterocycles. The monoisotopic (exact) mass is 372 g/mol. The maximum absolute atomic E-state index is 12.1. The van der Waals surface area contributed by atoms with Gasteiger partial charge in [-0.25, -0.2) is 0 Å². The van der Waals surface area contributed by atoms with Crippen LogP contribution in [-0.2, 0) is 9.53 Å². The first kappa shape index (κ1) is 20.6. The second kappa shape index (κ2) is 11.8. The van der Waals surface area contributed by atoms with E-state index in [4.69, 9.17) is 14.2 Å². The van der Waals surface area contributed by atoms with Gasteiger partial charge >= 0.3 is 0 Å². The van der Waals surface area contributed by atoms with Crippen molar-refractivity contribution in [3.05, 3.63) is 48.5 Å². The van der Waals surface area contributed by atoms with Gasteiger partial charge in [0.05, 0.1) is 19.8 Å². The molecule has 0 saturated heterocycles. The maximum Gasteiger partial charge on any atom is 0.243 e. The Hall–Kier alpha value is -2.73. The van der Waals surface area contributed by atoms with Gasteiger partial charge in [-0.3, -0.25) is 4.79 Å². The summed E-state index contributed by atoms with van der Waals surface area (Å²) >= 11 is 0. The number of methoxy groups -OCH3 is 1. The average molecular weight is 372 g/mol. The highest BCUT2D eigenvalue weighted by atomic mass is 16.5. The van der Waals surface area contributed by atoms with Gasteiger partial charge < -0.3 is 24.8 Å². The first-order valence-electron chi connectivity index (χ1n) is 9.19. The molecule has 6 heteroatoms. The lowest BCUT2D eigenvalue weighted by molar-refractivity contribution is -0.114. The van der Waals surface area contributed by atoms with E-state index in [0.717, 1.165) is 35.7 Å². The predicted octanol–water partition coefficient (Wildman–Crippen LogP) is 3.94. The van der Waals surface area contributed by atoms with E-state index in [1.54, 1.807) is 7.11 Å². The standard InChI is InChI=1S/C21H28N2O4/c1-3-4-12-26-20-7-5-6-18(15-20)22-16-21(24)23-17-8-10-19(11-9-17)27-14-13-25-2/h5-11,15,22H,3-4,12-14,16H2,1-2H3,(H,23,24). The van der Waals surface area contributed by atoms with Crippen LogP contribution in [0.4, 0.5) is 11.4 Å². The van der Waals surface area contributed by atoms with E-state index in [1.165, 1.54) is 0 Å². The predicted molar refractivity (Wildman–Crippen MR) is 108 cm³/mol. The largest absolute Gasteiger partial charge is 0.494 e. The molecule has 2 N–H and O–H groups in total. The fourth-order valence-electron chi connectivity index (χ4n) is 2.30. The molecule has 0 unspecified atom stereocenters. The molecule has 2 aromatic rings. The van der Waals surface area contributed by atoms with E-state index in [-0.39, 0.29) is 12.5 Å². The smallest absolute Gasteiger partial charge is 0.243 e. The molecular formula is C21H28N2O4. The number of carbonyl (C=O) groups excluding carboxylic acids is 1. The van der Waals surface area contributed by atoms with E-state index in [9.17, 15) is 4.79 Å². The van der Waals surface area contributed by atoms with Gasteiger partial charge in [0.15, 0.2) is 0 Å². The van der Waals surface area contributed by atoms with Gasteiger partial charge in [-0.05, 0) is 42.8 Å². The van der Waals surface area contributed by atoms with Gasteiger partial charge in [0.25, 0.3) is 0 Å². The molecule has 0 aliphatic carbocycles. The van der Waals surface area contributed by atoms with Crippen molar-refractivity contribution in [1.29, 1.82) is 0 Å². The van der Waals surface area contributed by atoms with Crippen LogP contribution in [0.3, 0.4) is 0 Å².